The second kappa shape index (κ2) is 6.22. The van der Waals surface area contributed by atoms with Gasteiger partial charge in [-0.1, -0.05) is 32.0 Å². The fraction of sp³-hybridized carbons (Fsp3) is 0.412. The molecular weight excluding hydrogens is 282 g/mol. The fourth-order valence-corrected chi connectivity index (χ4v) is 2.65. The average Bonchev–Trinajstić information content (AvgIpc) is 3.02. The molecule has 0 N–H and O–H groups in total. The highest BCUT2D eigenvalue weighted by Crippen LogP contribution is 2.33. The highest BCUT2D eigenvalue weighted by atomic mass is 16.5. The molecule has 2 aromatic rings. The summed E-state index contributed by atoms with van der Waals surface area (Å²) in [5, 5.41) is 0. The Hall–Kier alpha value is -2.30. The Morgan fingerprint density at radius 2 is 2.23 bits per heavy atom. The molecule has 3 rings (SSSR count). The number of hydrogen-bond acceptors (Lipinski definition) is 5. The minimum atomic E-state index is -0.429. The molecule has 0 saturated carbocycles. The normalized spacial score (nSPS) is 17.0. The molecule has 1 aromatic carbocycles. The number of hydrogen-bond donors (Lipinski definition) is 0. The maximum absolute atomic E-state index is 12.2. The van der Waals surface area contributed by atoms with E-state index in [0.29, 0.717) is 19.0 Å². The summed E-state index contributed by atoms with van der Waals surface area (Å²) in [6.07, 6.45) is 2.12. The van der Waals surface area contributed by atoms with Crippen molar-refractivity contribution in [2.24, 2.45) is 0 Å². The summed E-state index contributed by atoms with van der Waals surface area (Å²) in [5.41, 5.74) is 1.36. The zero-order valence-electron chi connectivity index (χ0n) is 12.7. The lowest BCUT2D eigenvalue weighted by atomic mass is 9.94. The molecule has 22 heavy (non-hydrogen) atoms. The van der Waals surface area contributed by atoms with E-state index in [9.17, 15) is 4.79 Å². The number of esters is 1. The molecule has 0 amide bonds. The predicted molar refractivity (Wildman–Crippen MR) is 80.2 cm³/mol. The maximum atomic E-state index is 12.2. The number of rotatable bonds is 4. The lowest BCUT2D eigenvalue weighted by molar-refractivity contribution is 0.0450. The molecule has 116 valence electrons. The lowest BCUT2D eigenvalue weighted by Crippen LogP contribution is -2.20. The van der Waals surface area contributed by atoms with Gasteiger partial charge in [-0.2, -0.15) is 0 Å². The Labute approximate surface area is 129 Å². The van der Waals surface area contributed by atoms with Crippen molar-refractivity contribution in [1.29, 1.82) is 0 Å². The summed E-state index contributed by atoms with van der Waals surface area (Å²) in [7, 11) is 0. The van der Waals surface area contributed by atoms with Crippen LogP contribution in [-0.2, 0) is 4.74 Å². The molecule has 0 fully saturated rings. The molecular formula is C17H19NO4. The summed E-state index contributed by atoms with van der Waals surface area (Å²) in [4.78, 5) is 16.2. The van der Waals surface area contributed by atoms with Crippen LogP contribution in [0.4, 0.5) is 0 Å². The molecule has 0 aliphatic carbocycles. The SMILES string of the molecule is CC(C)c1ocnc1C(=O)OCC1CCOc2ccccc21. The molecule has 5 heteroatoms. The standard InChI is InChI=1S/C17H19NO4/c1-11(2)16-15(18-10-22-16)17(19)21-9-12-7-8-20-14-6-4-3-5-13(12)14/h3-6,10-12H,7-9H2,1-2H3. The molecule has 1 unspecified atom stereocenters. The maximum Gasteiger partial charge on any atom is 0.360 e. The van der Waals surface area contributed by atoms with Crippen LogP contribution in [-0.4, -0.2) is 24.2 Å². The minimum Gasteiger partial charge on any atom is -0.493 e. The Kier molecular flexibility index (Phi) is 4.13. The third kappa shape index (κ3) is 2.84. The third-order valence-corrected chi connectivity index (χ3v) is 3.81. The van der Waals surface area contributed by atoms with Gasteiger partial charge in [-0.25, -0.2) is 9.78 Å². The highest BCUT2D eigenvalue weighted by Gasteiger charge is 2.25. The first kappa shape index (κ1) is 14.6. The van der Waals surface area contributed by atoms with Crippen molar-refractivity contribution >= 4 is 5.97 Å². The zero-order chi connectivity index (χ0) is 15.5. The molecule has 2 heterocycles. The van der Waals surface area contributed by atoms with Crippen molar-refractivity contribution < 1.29 is 18.7 Å². The van der Waals surface area contributed by atoms with Crippen LogP contribution in [0, 0.1) is 0 Å². The van der Waals surface area contributed by atoms with Crippen LogP contribution in [0.15, 0.2) is 35.1 Å². The van der Waals surface area contributed by atoms with E-state index < -0.39 is 5.97 Å². The number of aromatic nitrogens is 1. The molecule has 1 aliphatic heterocycles. The molecule has 0 radical (unpaired) electrons. The van der Waals surface area contributed by atoms with Gasteiger partial charge in [0.1, 0.15) is 11.5 Å². The van der Waals surface area contributed by atoms with E-state index in [-0.39, 0.29) is 17.5 Å². The van der Waals surface area contributed by atoms with Gasteiger partial charge in [0.05, 0.1) is 13.2 Å². The number of ether oxygens (including phenoxy) is 2. The van der Waals surface area contributed by atoms with E-state index in [1.54, 1.807) is 0 Å². The summed E-state index contributed by atoms with van der Waals surface area (Å²) in [5.74, 6) is 1.26. The molecule has 0 bridgehead atoms. The van der Waals surface area contributed by atoms with Gasteiger partial charge in [-0.3, -0.25) is 0 Å². The number of carbonyl (C=O) groups is 1. The van der Waals surface area contributed by atoms with Gasteiger partial charge >= 0.3 is 5.97 Å². The lowest BCUT2D eigenvalue weighted by Gasteiger charge is -2.25. The first-order chi connectivity index (χ1) is 10.7. The Balaban J connectivity index is 1.68. The topological polar surface area (TPSA) is 61.6 Å². The molecule has 1 atom stereocenters. The van der Waals surface area contributed by atoms with Gasteiger partial charge in [0.25, 0.3) is 0 Å². The number of oxazole rings is 1. The number of para-hydroxylation sites is 1. The van der Waals surface area contributed by atoms with Gasteiger partial charge in [0, 0.05) is 17.4 Å². The van der Waals surface area contributed by atoms with E-state index in [2.05, 4.69) is 4.98 Å². The summed E-state index contributed by atoms with van der Waals surface area (Å²) in [6, 6.07) is 7.87. The zero-order valence-corrected chi connectivity index (χ0v) is 12.7. The van der Waals surface area contributed by atoms with Crippen molar-refractivity contribution in [2.45, 2.75) is 32.1 Å². The Morgan fingerprint density at radius 1 is 1.41 bits per heavy atom. The van der Waals surface area contributed by atoms with Crippen LogP contribution in [0.1, 0.15) is 53.9 Å². The summed E-state index contributed by atoms with van der Waals surface area (Å²) in [6.45, 7) is 4.86. The van der Waals surface area contributed by atoms with Gasteiger partial charge in [0.2, 0.25) is 0 Å². The van der Waals surface area contributed by atoms with E-state index in [1.165, 1.54) is 6.39 Å². The average molecular weight is 301 g/mol. The van der Waals surface area contributed by atoms with Crippen molar-refractivity contribution in [3.05, 3.63) is 47.7 Å². The van der Waals surface area contributed by atoms with Crippen LogP contribution >= 0.6 is 0 Å². The number of fused-ring (bicyclic) bond motifs is 1. The van der Waals surface area contributed by atoms with E-state index in [1.807, 2.05) is 38.1 Å². The van der Waals surface area contributed by atoms with Gasteiger partial charge < -0.3 is 13.9 Å². The van der Waals surface area contributed by atoms with E-state index in [4.69, 9.17) is 13.9 Å². The molecule has 0 saturated heterocycles. The van der Waals surface area contributed by atoms with Crippen molar-refractivity contribution in [3.8, 4) is 5.75 Å². The number of nitrogens with zero attached hydrogens (tertiary/aromatic N) is 1. The molecule has 1 aromatic heterocycles. The van der Waals surface area contributed by atoms with Gasteiger partial charge in [-0.15, -0.1) is 0 Å². The monoisotopic (exact) mass is 301 g/mol. The highest BCUT2D eigenvalue weighted by molar-refractivity contribution is 5.88. The largest absolute Gasteiger partial charge is 0.493 e. The van der Waals surface area contributed by atoms with Crippen LogP contribution in [0.2, 0.25) is 0 Å². The van der Waals surface area contributed by atoms with Crippen molar-refractivity contribution in [1.82, 2.24) is 4.98 Å². The third-order valence-electron chi connectivity index (χ3n) is 3.81. The van der Waals surface area contributed by atoms with Crippen LogP contribution in [0.5, 0.6) is 5.75 Å². The number of benzene rings is 1. The molecule has 1 aliphatic rings. The summed E-state index contributed by atoms with van der Waals surface area (Å²) < 4.78 is 16.3. The van der Waals surface area contributed by atoms with Gasteiger partial charge in [-0.05, 0) is 12.5 Å². The first-order valence-electron chi connectivity index (χ1n) is 7.49. The predicted octanol–water partition coefficient (Wildman–Crippen LogP) is 3.52. The first-order valence-corrected chi connectivity index (χ1v) is 7.49. The minimum absolute atomic E-state index is 0.0915. The van der Waals surface area contributed by atoms with Crippen LogP contribution < -0.4 is 4.74 Å². The Bertz CT molecular complexity index is 662. The Morgan fingerprint density at radius 3 is 3.05 bits per heavy atom. The summed E-state index contributed by atoms with van der Waals surface area (Å²) >= 11 is 0. The van der Waals surface area contributed by atoms with Gasteiger partial charge in [0.15, 0.2) is 12.1 Å². The smallest absolute Gasteiger partial charge is 0.360 e. The van der Waals surface area contributed by atoms with Crippen molar-refractivity contribution in [2.75, 3.05) is 13.2 Å². The van der Waals surface area contributed by atoms with E-state index >= 15 is 0 Å². The van der Waals surface area contributed by atoms with E-state index in [0.717, 1.165) is 17.7 Å². The second-order valence-corrected chi connectivity index (χ2v) is 5.69. The van der Waals surface area contributed by atoms with Crippen LogP contribution in [0.3, 0.4) is 0 Å². The van der Waals surface area contributed by atoms with Crippen molar-refractivity contribution in [3.63, 3.8) is 0 Å². The quantitative estimate of drug-likeness (QED) is 0.809. The molecule has 5 nitrogen and oxygen atoms in total. The fourth-order valence-electron chi connectivity index (χ4n) is 2.65. The number of carbonyl (C=O) groups excluding carboxylic acids is 1. The molecule has 0 spiro atoms. The van der Waals surface area contributed by atoms with Crippen LogP contribution in [0.25, 0.3) is 0 Å². The second-order valence-electron chi connectivity index (χ2n) is 5.69.